The van der Waals surface area contributed by atoms with Gasteiger partial charge in [-0.25, -0.2) is 17.6 Å². The average molecular weight is 300 g/mol. The van der Waals surface area contributed by atoms with Gasteiger partial charge in [0.25, 0.3) is 5.22 Å². The smallest absolute Gasteiger partial charge is 0.288 e. The summed E-state index contributed by atoms with van der Waals surface area (Å²) >= 11 is 0. The molecule has 2 heterocycles. The van der Waals surface area contributed by atoms with Crippen molar-refractivity contribution in [2.45, 2.75) is 16.9 Å². The number of anilines is 1. The highest BCUT2D eigenvalue weighted by Gasteiger charge is 2.34. The molecule has 0 amide bonds. The van der Waals surface area contributed by atoms with Crippen molar-refractivity contribution < 1.29 is 17.0 Å². The Labute approximate surface area is 112 Å². The standard InChI is InChI=1S/C11H12N2O4S2/c12-7-1-2-9-10(5-7)17-11(13-9)18(14)8-3-4-19(15,16)6-8/h1-2,5,8H,3-4,6,12H2. The lowest BCUT2D eigenvalue weighted by Gasteiger charge is -2.02. The SMILES string of the molecule is Nc1ccc2nc(S(=O)C3CCS(=O)(=O)C3)oc2c1. The first-order valence-electron chi connectivity index (χ1n) is 5.72. The monoisotopic (exact) mass is 300 g/mol. The Bertz CT molecular complexity index is 766. The molecule has 1 aromatic heterocycles. The molecule has 0 radical (unpaired) electrons. The first-order valence-corrected chi connectivity index (χ1v) is 8.75. The molecule has 1 aliphatic rings. The number of hydrogen-bond donors (Lipinski definition) is 1. The second kappa shape index (κ2) is 4.31. The minimum absolute atomic E-state index is 0.0690. The number of rotatable bonds is 2. The molecule has 102 valence electrons. The third kappa shape index (κ3) is 2.37. The Morgan fingerprint density at radius 3 is 2.89 bits per heavy atom. The van der Waals surface area contributed by atoms with Crippen molar-refractivity contribution in [3.8, 4) is 0 Å². The van der Waals surface area contributed by atoms with Crippen molar-refractivity contribution in [2.24, 2.45) is 0 Å². The number of fused-ring (bicyclic) bond motifs is 1. The molecule has 2 unspecified atom stereocenters. The summed E-state index contributed by atoms with van der Waals surface area (Å²) in [6.45, 7) is 0. The molecular formula is C11H12N2O4S2. The van der Waals surface area contributed by atoms with Gasteiger partial charge in [0.1, 0.15) is 16.3 Å². The van der Waals surface area contributed by atoms with Crippen LogP contribution in [0.1, 0.15) is 6.42 Å². The van der Waals surface area contributed by atoms with E-state index in [4.69, 9.17) is 10.2 Å². The van der Waals surface area contributed by atoms with E-state index in [0.717, 1.165) is 0 Å². The van der Waals surface area contributed by atoms with Crippen molar-refractivity contribution in [3.05, 3.63) is 18.2 Å². The second-order valence-corrected chi connectivity index (χ2v) is 8.37. The fourth-order valence-corrected chi connectivity index (χ4v) is 5.86. The summed E-state index contributed by atoms with van der Waals surface area (Å²) in [5, 5.41) is -0.363. The molecule has 0 bridgehead atoms. The van der Waals surface area contributed by atoms with E-state index >= 15 is 0 Å². The van der Waals surface area contributed by atoms with Gasteiger partial charge in [-0.1, -0.05) is 0 Å². The number of benzene rings is 1. The Hall–Kier alpha value is -1.41. The van der Waals surface area contributed by atoms with Crippen LogP contribution in [0.3, 0.4) is 0 Å². The highest BCUT2D eigenvalue weighted by molar-refractivity contribution is 7.94. The van der Waals surface area contributed by atoms with Gasteiger partial charge in [-0.3, -0.25) is 0 Å². The van der Waals surface area contributed by atoms with Crippen LogP contribution < -0.4 is 5.73 Å². The van der Waals surface area contributed by atoms with E-state index in [1.807, 2.05) is 0 Å². The summed E-state index contributed by atoms with van der Waals surface area (Å²) in [5.41, 5.74) is 7.19. The zero-order chi connectivity index (χ0) is 13.6. The van der Waals surface area contributed by atoms with Gasteiger partial charge in [-0.05, 0) is 18.6 Å². The Balaban J connectivity index is 1.94. The molecule has 8 heteroatoms. The van der Waals surface area contributed by atoms with E-state index in [0.29, 0.717) is 23.2 Å². The van der Waals surface area contributed by atoms with E-state index < -0.39 is 25.9 Å². The van der Waals surface area contributed by atoms with Crippen LogP contribution in [0.2, 0.25) is 0 Å². The molecule has 1 fully saturated rings. The molecule has 1 aliphatic heterocycles. The predicted octanol–water partition coefficient (Wildman–Crippen LogP) is 0.705. The molecule has 3 rings (SSSR count). The minimum Gasteiger partial charge on any atom is -0.430 e. The van der Waals surface area contributed by atoms with Crippen molar-refractivity contribution >= 4 is 37.4 Å². The zero-order valence-corrected chi connectivity index (χ0v) is 11.5. The summed E-state index contributed by atoms with van der Waals surface area (Å²) in [5.74, 6) is 0.0110. The Morgan fingerprint density at radius 2 is 2.21 bits per heavy atom. The van der Waals surface area contributed by atoms with E-state index in [-0.39, 0.29) is 16.7 Å². The van der Waals surface area contributed by atoms with Crippen LogP contribution in [0.25, 0.3) is 11.1 Å². The average Bonchev–Trinajstić information content (AvgIpc) is 2.90. The maximum Gasteiger partial charge on any atom is 0.288 e. The normalized spacial score (nSPS) is 23.7. The molecule has 0 aliphatic carbocycles. The molecule has 6 nitrogen and oxygen atoms in total. The van der Waals surface area contributed by atoms with Gasteiger partial charge in [0.05, 0.1) is 16.8 Å². The van der Waals surface area contributed by atoms with Crippen molar-refractivity contribution in [2.75, 3.05) is 17.2 Å². The van der Waals surface area contributed by atoms with Crippen LogP contribution in [-0.2, 0) is 20.6 Å². The van der Waals surface area contributed by atoms with Gasteiger partial charge < -0.3 is 10.2 Å². The van der Waals surface area contributed by atoms with Crippen LogP contribution in [-0.4, -0.2) is 34.4 Å². The lowest BCUT2D eigenvalue weighted by Crippen LogP contribution is -2.17. The summed E-state index contributed by atoms with van der Waals surface area (Å²) < 4.78 is 40.4. The molecule has 1 saturated heterocycles. The molecular weight excluding hydrogens is 288 g/mol. The molecule has 19 heavy (non-hydrogen) atoms. The summed E-state index contributed by atoms with van der Waals surface area (Å²) in [4.78, 5) is 4.13. The van der Waals surface area contributed by atoms with Gasteiger partial charge in [0.2, 0.25) is 0 Å². The lowest BCUT2D eigenvalue weighted by atomic mass is 10.3. The number of aromatic nitrogens is 1. The van der Waals surface area contributed by atoms with Crippen LogP contribution in [0.4, 0.5) is 5.69 Å². The molecule has 0 spiro atoms. The zero-order valence-electron chi connectivity index (χ0n) is 9.90. The third-order valence-corrected chi connectivity index (χ3v) is 6.56. The first-order chi connectivity index (χ1) is 8.94. The van der Waals surface area contributed by atoms with Gasteiger partial charge in [0.15, 0.2) is 15.4 Å². The molecule has 1 aromatic carbocycles. The predicted molar refractivity (Wildman–Crippen MR) is 71.9 cm³/mol. The van der Waals surface area contributed by atoms with E-state index in [1.165, 1.54) is 0 Å². The van der Waals surface area contributed by atoms with E-state index in [1.54, 1.807) is 18.2 Å². The number of sulfone groups is 1. The first kappa shape index (κ1) is 12.6. The second-order valence-electron chi connectivity index (χ2n) is 4.53. The lowest BCUT2D eigenvalue weighted by molar-refractivity contribution is 0.475. The number of nitrogen functional groups attached to an aromatic ring is 1. The van der Waals surface area contributed by atoms with Gasteiger partial charge in [0, 0.05) is 11.8 Å². The Kier molecular flexibility index (Phi) is 2.86. The number of nitrogens with two attached hydrogens (primary N) is 1. The molecule has 0 saturated carbocycles. The fourth-order valence-electron chi connectivity index (χ4n) is 2.08. The van der Waals surface area contributed by atoms with Crippen molar-refractivity contribution in [1.82, 2.24) is 4.98 Å². The Morgan fingerprint density at radius 1 is 1.42 bits per heavy atom. The van der Waals surface area contributed by atoms with Crippen molar-refractivity contribution in [3.63, 3.8) is 0 Å². The van der Waals surface area contributed by atoms with Crippen LogP contribution >= 0.6 is 0 Å². The minimum atomic E-state index is -3.07. The van der Waals surface area contributed by atoms with Crippen LogP contribution in [0, 0.1) is 0 Å². The summed E-state index contributed by atoms with van der Waals surface area (Å²) in [6, 6.07) is 4.96. The van der Waals surface area contributed by atoms with Crippen molar-refractivity contribution in [1.29, 1.82) is 0 Å². The van der Waals surface area contributed by atoms with E-state index in [2.05, 4.69) is 4.98 Å². The quantitative estimate of drug-likeness (QED) is 0.819. The van der Waals surface area contributed by atoms with Gasteiger partial charge in [-0.2, -0.15) is 0 Å². The largest absolute Gasteiger partial charge is 0.430 e. The maximum absolute atomic E-state index is 12.2. The summed E-state index contributed by atoms with van der Waals surface area (Å²) in [6.07, 6.45) is 0.385. The van der Waals surface area contributed by atoms with Crippen LogP contribution in [0.5, 0.6) is 0 Å². The highest BCUT2D eigenvalue weighted by Crippen LogP contribution is 2.25. The molecule has 2 N–H and O–H groups in total. The van der Waals surface area contributed by atoms with E-state index in [9.17, 15) is 12.6 Å². The van der Waals surface area contributed by atoms with Gasteiger partial charge >= 0.3 is 0 Å². The number of nitrogens with zero attached hydrogens (tertiary/aromatic N) is 1. The summed E-state index contributed by atoms with van der Waals surface area (Å²) in [7, 11) is -4.61. The molecule has 2 aromatic rings. The third-order valence-electron chi connectivity index (χ3n) is 3.06. The molecule has 2 atom stereocenters. The van der Waals surface area contributed by atoms with Gasteiger partial charge in [-0.15, -0.1) is 0 Å². The topological polar surface area (TPSA) is 103 Å². The highest BCUT2D eigenvalue weighted by atomic mass is 32.2. The fraction of sp³-hybridized carbons (Fsp3) is 0.364. The number of oxazole rings is 1. The van der Waals surface area contributed by atoms with Crippen LogP contribution in [0.15, 0.2) is 27.8 Å². The number of hydrogen-bond acceptors (Lipinski definition) is 6. The maximum atomic E-state index is 12.2.